The largest absolute Gasteiger partial charge is 0.508 e. The van der Waals surface area contributed by atoms with Crippen LogP contribution in [0.4, 0.5) is 9.59 Å². The highest BCUT2D eigenvalue weighted by atomic mass is 16.7. The van der Waals surface area contributed by atoms with Crippen molar-refractivity contribution in [3.8, 4) is 0 Å². The first kappa shape index (κ1) is 23.4. The Labute approximate surface area is 146 Å². The fraction of sp³-hybridized carbons (Fsp3) is 0.867. The van der Waals surface area contributed by atoms with E-state index in [-0.39, 0.29) is 33.2 Å². The van der Waals surface area contributed by atoms with Gasteiger partial charge in [-0.1, -0.05) is 0 Å². The molecule has 25 heavy (non-hydrogen) atoms. The highest BCUT2D eigenvalue weighted by Gasteiger charge is 2.13. The molecule has 0 fully saturated rings. The monoisotopic (exact) mass is 368 g/mol. The zero-order chi connectivity index (χ0) is 19.2. The average Bonchev–Trinajstić information content (AvgIpc) is 2.50. The predicted molar refractivity (Wildman–Crippen MR) is 83.9 cm³/mol. The van der Waals surface area contributed by atoms with Gasteiger partial charge in [0.05, 0.1) is 25.4 Å². The van der Waals surface area contributed by atoms with Gasteiger partial charge in [0.15, 0.2) is 0 Å². The Morgan fingerprint density at radius 3 is 1.40 bits per heavy atom. The molecule has 0 radical (unpaired) electrons. The first-order chi connectivity index (χ1) is 11.7. The molecule has 0 amide bonds. The van der Waals surface area contributed by atoms with Gasteiger partial charge < -0.3 is 38.6 Å². The minimum atomic E-state index is -0.893. The summed E-state index contributed by atoms with van der Waals surface area (Å²) in [4.78, 5) is 22.4. The van der Waals surface area contributed by atoms with E-state index < -0.39 is 36.7 Å². The predicted octanol–water partition coefficient (Wildman–Crippen LogP) is 0.822. The van der Waals surface area contributed by atoms with Crippen molar-refractivity contribution in [1.82, 2.24) is 0 Å². The second kappa shape index (κ2) is 13.6. The molecule has 2 N–H and O–H groups in total. The van der Waals surface area contributed by atoms with Crippen molar-refractivity contribution in [3.63, 3.8) is 0 Å². The molecule has 0 aliphatic heterocycles. The lowest BCUT2D eigenvalue weighted by Gasteiger charge is -2.16. The van der Waals surface area contributed by atoms with Crippen LogP contribution in [0.2, 0.25) is 0 Å². The van der Waals surface area contributed by atoms with Crippen molar-refractivity contribution in [2.45, 2.75) is 52.1 Å². The lowest BCUT2D eigenvalue weighted by molar-refractivity contribution is -0.103. The van der Waals surface area contributed by atoms with Crippen LogP contribution < -0.4 is 0 Å². The second-order valence-electron chi connectivity index (χ2n) is 5.54. The third kappa shape index (κ3) is 15.6. The third-order valence-corrected chi connectivity index (χ3v) is 2.35. The van der Waals surface area contributed by atoms with E-state index in [4.69, 9.17) is 29.2 Å². The number of rotatable bonds is 12. The van der Waals surface area contributed by atoms with Crippen LogP contribution in [0.1, 0.15) is 27.7 Å². The zero-order valence-corrected chi connectivity index (χ0v) is 15.0. The zero-order valence-electron chi connectivity index (χ0n) is 15.0. The molecule has 0 bridgehead atoms. The van der Waals surface area contributed by atoms with E-state index in [1.165, 1.54) is 13.8 Å². The van der Waals surface area contributed by atoms with Crippen LogP contribution in [0.15, 0.2) is 0 Å². The number of hydrogen-bond donors (Lipinski definition) is 2. The number of carbonyl (C=O) groups excluding carboxylic acids is 2. The van der Waals surface area contributed by atoms with Crippen LogP contribution in [0, 0.1) is 0 Å². The van der Waals surface area contributed by atoms with Gasteiger partial charge in [-0.05, 0) is 27.7 Å². The molecule has 0 aliphatic rings. The molecule has 0 aromatic rings. The van der Waals surface area contributed by atoms with Crippen LogP contribution in [0.25, 0.3) is 0 Å². The topological polar surface area (TPSA) is 130 Å². The summed E-state index contributed by atoms with van der Waals surface area (Å²) in [5, 5.41) is 17.9. The van der Waals surface area contributed by atoms with E-state index in [1.54, 1.807) is 13.8 Å². The van der Waals surface area contributed by atoms with Crippen LogP contribution in [-0.2, 0) is 28.4 Å². The summed E-state index contributed by atoms with van der Waals surface area (Å²) in [6.07, 6.45) is -4.43. The van der Waals surface area contributed by atoms with Gasteiger partial charge in [0.2, 0.25) is 0 Å². The molecule has 0 spiro atoms. The highest BCUT2D eigenvalue weighted by Crippen LogP contribution is 1.99. The lowest BCUT2D eigenvalue weighted by atomic mass is 10.4. The van der Waals surface area contributed by atoms with Crippen LogP contribution >= 0.6 is 0 Å². The summed E-state index contributed by atoms with van der Waals surface area (Å²) in [7, 11) is 0. The first-order valence-corrected chi connectivity index (χ1v) is 7.89. The van der Waals surface area contributed by atoms with Crippen molar-refractivity contribution in [3.05, 3.63) is 0 Å². The van der Waals surface area contributed by atoms with Gasteiger partial charge in [-0.15, -0.1) is 0 Å². The molecule has 4 unspecified atom stereocenters. The molecular formula is C15H28O10. The summed E-state index contributed by atoms with van der Waals surface area (Å²) in [6, 6.07) is 0. The molecule has 0 aliphatic carbocycles. The molecular weight excluding hydrogens is 340 g/mol. The SMILES string of the molecule is CC(O)COC(=O)OC(C)COCOCC(C)OC(=O)OCC(C)O. The smallest absolute Gasteiger partial charge is 0.432 e. The molecule has 148 valence electrons. The maximum absolute atomic E-state index is 11.2. The maximum atomic E-state index is 11.2. The molecule has 0 aromatic carbocycles. The number of carbonyl (C=O) groups is 2. The van der Waals surface area contributed by atoms with E-state index in [1.807, 2.05) is 0 Å². The molecule has 0 rings (SSSR count). The van der Waals surface area contributed by atoms with E-state index >= 15 is 0 Å². The Balaban J connectivity index is 3.64. The van der Waals surface area contributed by atoms with Gasteiger partial charge in [-0.25, -0.2) is 9.59 Å². The van der Waals surface area contributed by atoms with Crippen molar-refractivity contribution in [2.75, 3.05) is 33.2 Å². The van der Waals surface area contributed by atoms with E-state index in [9.17, 15) is 9.59 Å². The Bertz CT molecular complexity index is 337. The van der Waals surface area contributed by atoms with E-state index in [0.717, 1.165) is 0 Å². The maximum Gasteiger partial charge on any atom is 0.508 e. The molecule has 0 saturated carbocycles. The molecule has 0 heterocycles. The van der Waals surface area contributed by atoms with Gasteiger partial charge in [-0.2, -0.15) is 0 Å². The fourth-order valence-corrected chi connectivity index (χ4v) is 1.33. The van der Waals surface area contributed by atoms with Gasteiger partial charge in [0.25, 0.3) is 0 Å². The van der Waals surface area contributed by atoms with Gasteiger partial charge in [0.1, 0.15) is 32.2 Å². The molecule has 0 aromatic heterocycles. The third-order valence-electron chi connectivity index (χ3n) is 2.35. The van der Waals surface area contributed by atoms with Crippen LogP contribution in [0.3, 0.4) is 0 Å². The quantitative estimate of drug-likeness (QED) is 0.290. The van der Waals surface area contributed by atoms with Crippen molar-refractivity contribution >= 4 is 12.3 Å². The number of aliphatic hydroxyl groups is 2. The molecule has 10 heteroatoms. The van der Waals surface area contributed by atoms with Crippen LogP contribution in [0.5, 0.6) is 0 Å². The van der Waals surface area contributed by atoms with Gasteiger partial charge >= 0.3 is 12.3 Å². The minimum absolute atomic E-state index is 0.0788. The summed E-state index contributed by atoms with van der Waals surface area (Å²) in [6.45, 7) is 5.95. The number of ether oxygens (including phenoxy) is 6. The summed E-state index contributed by atoms with van der Waals surface area (Å²) >= 11 is 0. The Morgan fingerprint density at radius 2 is 1.08 bits per heavy atom. The molecule has 0 saturated heterocycles. The fourth-order valence-electron chi connectivity index (χ4n) is 1.33. The summed E-state index contributed by atoms with van der Waals surface area (Å²) < 4.78 is 29.3. The number of hydrogen-bond acceptors (Lipinski definition) is 10. The highest BCUT2D eigenvalue weighted by molar-refractivity contribution is 5.60. The van der Waals surface area contributed by atoms with E-state index in [2.05, 4.69) is 9.47 Å². The van der Waals surface area contributed by atoms with Crippen LogP contribution in [-0.4, -0.2) is 80.2 Å². The van der Waals surface area contributed by atoms with E-state index in [0.29, 0.717) is 0 Å². The Kier molecular flexibility index (Phi) is 12.8. The first-order valence-electron chi connectivity index (χ1n) is 7.89. The lowest BCUT2D eigenvalue weighted by Crippen LogP contribution is -2.25. The average molecular weight is 368 g/mol. The standard InChI is InChI=1S/C15H28O10/c1-10(16)5-22-14(18)24-12(3)7-20-9-21-8-13(4)25-15(19)23-6-11(2)17/h10-13,16-17H,5-9H2,1-4H3. The van der Waals surface area contributed by atoms with Crippen molar-refractivity contribution < 1.29 is 48.2 Å². The van der Waals surface area contributed by atoms with Gasteiger partial charge in [-0.3, -0.25) is 0 Å². The Hall–Kier alpha value is -1.62. The minimum Gasteiger partial charge on any atom is -0.432 e. The number of aliphatic hydroxyl groups excluding tert-OH is 2. The van der Waals surface area contributed by atoms with Gasteiger partial charge in [0, 0.05) is 0 Å². The molecule has 4 atom stereocenters. The second-order valence-corrected chi connectivity index (χ2v) is 5.54. The normalized spacial score (nSPS) is 15.6. The van der Waals surface area contributed by atoms with Crippen molar-refractivity contribution in [2.24, 2.45) is 0 Å². The summed E-state index contributed by atoms with van der Waals surface area (Å²) in [5.41, 5.74) is 0. The van der Waals surface area contributed by atoms with Crippen molar-refractivity contribution in [1.29, 1.82) is 0 Å². The molecule has 10 nitrogen and oxygen atoms in total. The summed E-state index contributed by atoms with van der Waals surface area (Å²) in [5.74, 6) is 0. The Morgan fingerprint density at radius 1 is 0.720 bits per heavy atom.